The molecule has 2 rings (SSSR count). The van der Waals surface area contributed by atoms with Gasteiger partial charge in [-0.1, -0.05) is 24.6 Å². The van der Waals surface area contributed by atoms with Gasteiger partial charge in [-0.2, -0.15) is 0 Å². The quantitative estimate of drug-likeness (QED) is 0.825. The first-order valence-electron chi connectivity index (χ1n) is 7.28. The Morgan fingerprint density at radius 3 is 2.74 bits per heavy atom. The van der Waals surface area contributed by atoms with Crippen LogP contribution in [0.4, 0.5) is 5.69 Å². The Labute approximate surface area is 116 Å². The second-order valence-corrected chi connectivity index (χ2v) is 5.70. The zero-order valence-electron chi connectivity index (χ0n) is 12.1. The fourth-order valence-electron chi connectivity index (χ4n) is 3.34. The number of likely N-dealkylation sites (N-methyl/N-ethyl adjacent to an activating group) is 1. The minimum Gasteiger partial charge on any atom is -0.394 e. The molecule has 2 N–H and O–H groups in total. The predicted molar refractivity (Wildman–Crippen MR) is 80.5 cm³/mol. The van der Waals surface area contributed by atoms with E-state index in [9.17, 15) is 5.11 Å². The third-order valence-corrected chi connectivity index (χ3v) is 4.75. The van der Waals surface area contributed by atoms with E-state index in [2.05, 4.69) is 41.5 Å². The normalized spacial score (nSPS) is 26.6. The van der Waals surface area contributed by atoms with Crippen LogP contribution in [0, 0.1) is 5.92 Å². The Balaban J connectivity index is 1.91. The van der Waals surface area contributed by atoms with Gasteiger partial charge in [0.1, 0.15) is 0 Å². The Morgan fingerprint density at radius 1 is 1.37 bits per heavy atom. The van der Waals surface area contributed by atoms with Crippen LogP contribution in [-0.4, -0.2) is 37.9 Å². The summed E-state index contributed by atoms with van der Waals surface area (Å²) in [6.07, 6.45) is 4.68. The molecule has 0 bridgehead atoms. The fourth-order valence-corrected chi connectivity index (χ4v) is 3.34. The van der Waals surface area contributed by atoms with E-state index in [4.69, 9.17) is 0 Å². The molecule has 1 aromatic carbocycles. The minimum absolute atomic E-state index is 0.0441. The molecule has 3 nitrogen and oxygen atoms in total. The molecule has 0 amide bonds. The van der Waals surface area contributed by atoms with E-state index in [1.807, 2.05) is 13.1 Å². The molecule has 19 heavy (non-hydrogen) atoms. The summed E-state index contributed by atoms with van der Waals surface area (Å²) in [5, 5.41) is 13.1. The molecule has 3 heteroatoms. The molecule has 2 atom stereocenters. The molecule has 0 saturated heterocycles. The molecular formula is C16H26N2O. The molecule has 1 saturated carbocycles. The Bertz CT molecular complexity index is 376. The highest BCUT2D eigenvalue weighted by Gasteiger charge is 2.40. The summed E-state index contributed by atoms with van der Waals surface area (Å²) < 4.78 is 0. The molecule has 0 spiro atoms. The number of nitrogens with one attached hydrogen (secondary N) is 1. The van der Waals surface area contributed by atoms with Crippen molar-refractivity contribution in [1.29, 1.82) is 0 Å². The number of aliphatic hydroxyl groups excluding tert-OH is 1. The van der Waals surface area contributed by atoms with Gasteiger partial charge in [-0.15, -0.1) is 0 Å². The molecule has 106 valence electrons. The molecule has 0 radical (unpaired) electrons. The summed E-state index contributed by atoms with van der Waals surface area (Å²) >= 11 is 0. The third kappa shape index (κ3) is 3.10. The monoisotopic (exact) mass is 262 g/mol. The topological polar surface area (TPSA) is 35.5 Å². The largest absolute Gasteiger partial charge is 0.394 e. The number of nitrogens with zero attached hydrogens (tertiary/aromatic N) is 1. The van der Waals surface area contributed by atoms with Gasteiger partial charge in [0.15, 0.2) is 0 Å². The minimum atomic E-state index is -0.0441. The fraction of sp³-hybridized carbons (Fsp3) is 0.625. The van der Waals surface area contributed by atoms with Gasteiger partial charge < -0.3 is 15.3 Å². The molecule has 0 aliphatic heterocycles. The standard InChI is InChI=1S/C16H26N2O/c1-17-16(13-19)11-6-7-14(16)10-12-18(2)15-8-4-3-5-9-15/h3-5,8-9,14,17,19H,6-7,10-13H2,1-2H3. The van der Waals surface area contributed by atoms with Crippen LogP contribution in [0.1, 0.15) is 25.7 Å². The first-order valence-corrected chi connectivity index (χ1v) is 7.28. The summed E-state index contributed by atoms with van der Waals surface area (Å²) in [4.78, 5) is 2.30. The number of para-hydroxylation sites is 1. The molecule has 1 aliphatic carbocycles. The number of aliphatic hydroxyl groups is 1. The van der Waals surface area contributed by atoms with Gasteiger partial charge in [0.25, 0.3) is 0 Å². The summed E-state index contributed by atoms with van der Waals surface area (Å²) in [5.41, 5.74) is 1.22. The molecule has 1 aromatic rings. The lowest BCUT2D eigenvalue weighted by molar-refractivity contribution is 0.128. The summed E-state index contributed by atoms with van der Waals surface area (Å²) in [7, 11) is 4.12. The molecule has 0 aromatic heterocycles. The van der Waals surface area contributed by atoms with Crippen molar-refractivity contribution in [2.75, 3.05) is 32.1 Å². The van der Waals surface area contributed by atoms with Gasteiger partial charge in [0.2, 0.25) is 0 Å². The van der Waals surface area contributed by atoms with Crippen molar-refractivity contribution < 1.29 is 5.11 Å². The Hall–Kier alpha value is -1.06. The zero-order chi connectivity index (χ0) is 13.7. The van der Waals surface area contributed by atoms with Crippen molar-refractivity contribution in [1.82, 2.24) is 5.32 Å². The summed E-state index contributed by atoms with van der Waals surface area (Å²) in [5.74, 6) is 0.577. The van der Waals surface area contributed by atoms with E-state index >= 15 is 0 Å². The number of anilines is 1. The van der Waals surface area contributed by atoms with Gasteiger partial charge in [0.05, 0.1) is 6.61 Å². The highest BCUT2D eigenvalue weighted by atomic mass is 16.3. The van der Waals surface area contributed by atoms with E-state index in [1.54, 1.807) is 0 Å². The lowest BCUT2D eigenvalue weighted by atomic mass is 9.85. The first-order chi connectivity index (χ1) is 9.22. The Morgan fingerprint density at radius 2 is 2.11 bits per heavy atom. The predicted octanol–water partition coefficient (Wildman–Crippen LogP) is 2.26. The molecule has 1 aliphatic rings. The van der Waals surface area contributed by atoms with E-state index in [1.165, 1.54) is 18.5 Å². The second kappa shape index (κ2) is 6.40. The molecule has 2 unspecified atom stereocenters. The summed E-state index contributed by atoms with van der Waals surface area (Å²) in [6.45, 7) is 1.29. The lowest BCUT2D eigenvalue weighted by Crippen LogP contribution is -2.50. The van der Waals surface area contributed by atoms with E-state index in [0.717, 1.165) is 19.4 Å². The van der Waals surface area contributed by atoms with Crippen LogP contribution in [0.15, 0.2) is 30.3 Å². The SMILES string of the molecule is CNC1(CO)CCCC1CCN(C)c1ccccc1. The van der Waals surface area contributed by atoms with Crippen LogP contribution in [0.5, 0.6) is 0 Å². The maximum absolute atomic E-state index is 9.69. The van der Waals surface area contributed by atoms with Gasteiger partial charge in [-0.3, -0.25) is 0 Å². The van der Waals surface area contributed by atoms with E-state index in [0.29, 0.717) is 5.92 Å². The van der Waals surface area contributed by atoms with Crippen LogP contribution in [-0.2, 0) is 0 Å². The lowest BCUT2D eigenvalue weighted by Gasteiger charge is -2.34. The maximum Gasteiger partial charge on any atom is 0.0615 e. The van der Waals surface area contributed by atoms with Crippen molar-refractivity contribution in [3.63, 3.8) is 0 Å². The molecule has 0 heterocycles. The van der Waals surface area contributed by atoms with Crippen molar-refractivity contribution in [2.24, 2.45) is 5.92 Å². The van der Waals surface area contributed by atoms with Crippen molar-refractivity contribution in [3.05, 3.63) is 30.3 Å². The Kier molecular flexibility index (Phi) is 4.83. The second-order valence-electron chi connectivity index (χ2n) is 5.70. The maximum atomic E-state index is 9.69. The first kappa shape index (κ1) is 14.4. The van der Waals surface area contributed by atoms with Gasteiger partial charge in [-0.05, 0) is 44.4 Å². The molecule has 1 fully saturated rings. The number of hydrogen-bond donors (Lipinski definition) is 2. The number of benzene rings is 1. The average Bonchev–Trinajstić information content (AvgIpc) is 2.89. The molecular weight excluding hydrogens is 236 g/mol. The van der Waals surface area contributed by atoms with Crippen molar-refractivity contribution in [2.45, 2.75) is 31.2 Å². The average molecular weight is 262 g/mol. The van der Waals surface area contributed by atoms with Crippen LogP contribution < -0.4 is 10.2 Å². The zero-order valence-corrected chi connectivity index (χ0v) is 12.1. The third-order valence-electron chi connectivity index (χ3n) is 4.75. The van der Waals surface area contributed by atoms with Gasteiger partial charge in [-0.25, -0.2) is 0 Å². The van der Waals surface area contributed by atoms with Crippen LogP contribution >= 0.6 is 0 Å². The van der Waals surface area contributed by atoms with Crippen molar-refractivity contribution >= 4 is 5.69 Å². The number of hydrogen-bond acceptors (Lipinski definition) is 3. The summed E-state index contributed by atoms with van der Waals surface area (Å²) in [6, 6.07) is 10.5. The van der Waals surface area contributed by atoms with Gasteiger partial charge in [0, 0.05) is 24.8 Å². The van der Waals surface area contributed by atoms with Gasteiger partial charge >= 0.3 is 0 Å². The highest BCUT2D eigenvalue weighted by molar-refractivity contribution is 5.44. The van der Waals surface area contributed by atoms with E-state index < -0.39 is 0 Å². The van der Waals surface area contributed by atoms with Crippen LogP contribution in [0.2, 0.25) is 0 Å². The van der Waals surface area contributed by atoms with Crippen LogP contribution in [0.25, 0.3) is 0 Å². The van der Waals surface area contributed by atoms with E-state index in [-0.39, 0.29) is 12.1 Å². The smallest absolute Gasteiger partial charge is 0.0615 e. The van der Waals surface area contributed by atoms with Crippen LogP contribution in [0.3, 0.4) is 0 Å². The highest BCUT2D eigenvalue weighted by Crippen LogP contribution is 2.37. The number of rotatable bonds is 6. The van der Waals surface area contributed by atoms with Crippen molar-refractivity contribution in [3.8, 4) is 0 Å².